The third-order valence-corrected chi connectivity index (χ3v) is 0.754. The molecule has 0 aliphatic carbocycles. The van der Waals surface area contributed by atoms with Crippen LogP contribution in [0.4, 0.5) is 0 Å². The van der Waals surface area contributed by atoms with Gasteiger partial charge in [0.25, 0.3) is 0 Å². The van der Waals surface area contributed by atoms with Crippen molar-refractivity contribution in [2.45, 2.75) is 12.8 Å². The van der Waals surface area contributed by atoms with E-state index < -0.39 is 0 Å². The lowest BCUT2D eigenvalue weighted by Crippen LogP contribution is -1.99. The van der Waals surface area contributed by atoms with Crippen molar-refractivity contribution in [2.75, 3.05) is 6.61 Å². The predicted molar refractivity (Wildman–Crippen MR) is 32.6 cm³/mol. The molecule has 0 heterocycles. The summed E-state index contributed by atoms with van der Waals surface area (Å²) in [5, 5.41) is 8.25. The minimum absolute atomic E-state index is 0.0201. The Morgan fingerprint density at radius 3 is 2.89 bits per heavy atom. The van der Waals surface area contributed by atoms with Crippen LogP contribution in [0, 0.1) is 0 Å². The number of carbonyl (C=O) groups excluding carboxylic acids is 1. The minimum atomic E-state index is -0.348. The second-order valence-electron chi connectivity index (χ2n) is 1.48. The molecule has 0 unspecified atom stereocenters. The zero-order valence-electron chi connectivity index (χ0n) is 5.17. The van der Waals surface area contributed by atoms with E-state index in [2.05, 4.69) is 11.3 Å². The van der Waals surface area contributed by atoms with E-state index in [1.54, 1.807) is 0 Å². The van der Waals surface area contributed by atoms with Gasteiger partial charge >= 0.3 is 5.97 Å². The van der Waals surface area contributed by atoms with Gasteiger partial charge in [0.1, 0.15) is 0 Å². The fraction of sp³-hybridized carbons (Fsp3) is 0.500. The van der Waals surface area contributed by atoms with Crippen molar-refractivity contribution in [3.05, 3.63) is 12.8 Å². The van der Waals surface area contributed by atoms with Crippen LogP contribution in [0.15, 0.2) is 12.8 Å². The molecule has 0 atom stereocenters. The molecular weight excluding hydrogens is 120 g/mol. The van der Waals surface area contributed by atoms with Gasteiger partial charge in [-0.3, -0.25) is 4.79 Å². The highest BCUT2D eigenvalue weighted by Crippen LogP contribution is 1.90. The van der Waals surface area contributed by atoms with Crippen LogP contribution in [-0.4, -0.2) is 17.7 Å². The molecule has 1 N–H and O–H groups in total. The predicted octanol–water partition coefficient (Wildman–Crippen LogP) is 0.446. The van der Waals surface area contributed by atoms with Gasteiger partial charge in [-0.15, -0.1) is 0 Å². The minimum Gasteiger partial charge on any atom is -0.435 e. The first-order chi connectivity index (χ1) is 4.31. The molecular formula is C6H10O3. The first kappa shape index (κ1) is 8.17. The van der Waals surface area contributed by atoms with Crippen LogP contribution in [0.25, 0.3) is 0 Å². The summed E-state index contributed by atoms with van der Waals surface area (Å²) in [6.07, 6.45) is 1.79. The van der Waals surface area contributed by atoms with Crippen molar-refractivity contribution in [3.8, 4) is 0 Å². The molecule has 0 spiro atoms. The topological polar surface area (TPSA) is 46.5 Å². The van der Waals surface area contributed by atoms with Gasteiger partial charge in [0.2, 0.25) is 0 Å². The Morgan fingerprint density at radius 2 is 2.44 bits per heavy atom. The average molecular weight is 130 g/mol. The SMILES string of the molecule is C=COC(=O)CCCO. The van der Waals surface area contributed by atoms with Crippen molar-refractivity contribution in [3.63, 3.8) is 0 Å². The summed E-state index contributed by atoms with van der Waals surface area (Å²) in [7, 11) is 0. The molecule has 0 amide bonds. The van der Waals surface area contributed by atoms with Crippen molar-refractivity contribution < 1.29 is 14.6 Å². The van der Waals surface area contributed by atoms with E-state index in [0.29, 0.717) is 6.42 Å². The Balaban J connectivity index is 3.16. The molecule has 0 bridgehead atoms. The van der Waals surface area contributed by atoms with E-state index in [1.807, 2.05) is 0 Å². The van der Waals surface area contributed by atoms with Gasteiger partial charge in [0.05, 0.1) is 6.26 Å². The van der Waals surface area contributed by atoms with Crippen LogP contribution in [-0.2, 0) is 9.53 Å². The maximum Gasteiger partial charge on any atom is 0.310 e. The van der Waals surface area contributed by atoms with Crippen LogP contribution < -0.4 is 0 Å². The van der Waals surface area contributed by atoms with Crippen molar-refractivity contribution in [1.29, 1.82) is 0 Å². The Morgan fingerprint density at radius 1 is 1.78 bits per heavy atom. The monoisotopic (exact) mass is 130 g/mol. The van der Waals surface area contributed by atoms with Gasteiger partial charge < -0.3 is 9.84 Å². The number of ether oxygens (including phenoxy) is 1. The van der Waals surface area contributed by atoms with Gasteiger partial charge in [-0.05, 0) is 6.42 Å². The van der Waals surface area contributed by atoms with Gasteiger partial charge in [-0.25, -0.2) is 0 Å². The summed E-state index contributed by atoms with van der Waals surface area (Å²) in [5.74, 6) is -0.348. The number of aliphatic hydroxyl groups excluding tert-OH is 1. The number of hydrogen-bond donors (Lipinski definition) is 1. The van der Waals surface area contributed by atoms with Crippen LogP contribution >= 0.6 is 0 Å². The molecule has 0 aromatic carbocycles. The van der Waals surface area contributed by atoms with Gasteiger partial charge in [-0.2, -0.15) is 0 Å². The zero-order valence-corrected chi connectivity index (χ0v) is 5.17. The highest BCUT2D eigenvalue weighted by atomic mass is 16.5. The highest BCUT2D eigenvalue weighted by molar-refractivity contribution is 5.69. The second kappa shape index (κ2) is 5.31. The van der Waals surface area contributed by atoms with E-state index in [0.717, 1.165) is 6.26 Å². The van der Waals surface area contributed by atoms with E-state index >= 15 is 0 Å². The van der Waals surface area contributed by atoms with E-state index in [-0.39, 0.29) is 19.0 Å². The number of carbonyl (C=O) groups is 1. The molecule has 0 aromatic heterocycles. The standard InChI is InChI=1S/C6H10O3/c1-2-9-6(8)4-3-5-7/h2,7H,1,3-5H2. The smallest absolute Gasteiger partial charge is 0.310 e. The molecule has 52 valence electrons. The molecule has 0 saturated heterocycles. The lowest BCUT2D eigenvalue weighted by Gasteiger charge is -1.94. The molecule has 3 heteroatoms. The van der Waals surface area contributed by atoms with Crippen molar-refractivity contribution in [2.24, 2.45) is 0 Å². The summed E-state index contributed by atoms with van der Waals surface area (Å²) < 4.78 is 4.36. The number of rotatable bonds is 4. The Hall–Kier alpha value is -0.830. The first-order valence-electron chi connectivity index (χ1n) is 2.72. The van der Waals surface area contributed by atoms with Gasteiger partial charge in [0.15, 0.2) is 0 Å². The third kappa shape index (κ3) is 5.03. The van der Waals surface area contributed by atoms with Crippen LogP contribution in [0.5, 0.6) is 0 Å². The number of esters is 1. The first-order valence-corrected chi connectivity index (χ1v) is 2.72. The Kier molecular flexibility index (Phi) is 4.82. The van der Waals surface area contributed by atoms with Gasteiger partial charge in [-0.1, -0.05) is 6.58 Å². The Labute approximate surface area is 53.9 Å². The lowest BCUT2D eigenvalue weighted by atomic mass is 10.3. The summed E-state index contributed by atoms with van der Waals surface area (Å²) in [5.41, 5.74) is 0. The quantitative estimate of drug-likeness (QED) is 0.444. The van der Waals surface area contributed by atoms with Crippen LogP contribution in [0.1, 0.15) is 12.8 Å². The normalized spacial score (nSPS) is 8.56. The maximum atomic E-state index is 10.4. The molecule has 0 saturated carbocycles. The molecule has 0 aliphatic heterocycles. The number of aliphatic hydroxyl groups is 1. The largest absolute Gasteiger partial charge is 0.435 e. The zero-order chi connectivity index (χ0) is 7.11. The van der Waals surface area contributed by atoms with E-state index in [1.165, 1.54) is 0 Å². The molecule has 0 aromatic rings. The average Bonchev–Trinajstić information content (AvgIpc) is 1.85. The lowest BCUT2D eigenvalue weighted by molar-refractivity contribution is -0.138. The number of hydrogen-bond acceptors (Lipinski definition) is 3. The van der Waals surface area contributed by atoms with Crippen molar-refractivity contribution >= 4 is 5.97 Å². The summed E-state index contributed by atoms with van der Waals surface area (Å²) >= 11 is 0. The maximum absolute atomic E-state index is 10.4. The second-order valence-corrected chi connectivity index (χ2v) is 1.48. The molecule has 0 radical (unpaired) electrons. The highest BCUT2D eigenvalue weighted by Gasteiger charge is 1.97. The van der Waals surface area contributed by atoms with Crippen LogP contribution in [0.3, 0.4) is 0 Å². The molecule has 0 aliphatic rings. The summed E-state index contributed by atoms with van der Waals surface area (Å²) in [6, 6.07) is 0. The van der Waals surface area contributed by atoms with E-state index in [9.17, 15) is 4.79 Å². The molecule has 3 nitrogen and oxygen atoms in total. The van der Waals surface area contributed by atoms with Crippen LogP contribution in [0.2, 0.25) is 0 Å². The summed E-state index contributed by atoms with van der Waals surface area (Å²) in [4.78, 5) is 10.4. The Bertz CT molecular complexity index is 98.5. The third-order valence-electron chi connectivity index (χ3n) is 0.754. The van der Waals surface area contributed by atoms with Gasteiger partial charge in [0, 0.05) is 13.0 Å². The molecule has 9 heavy (non-hydrogen) atoms. The molecule has 0 rings (SSSR count). The fourth-order valence-electron chi connectivity index (χ4n) is 0.375. The molecule has 0 fully saturated rings. The van der Waals surface area contributed by atoms with E-state index in [4.69, 9.17) is 5.11 Å². The van der Waals surface area contributed by atoms with Crippen molar-refractivity contribution in [1.82, 2.24) is 0 Å². The fourth-order valence-corrected chi connectivity index (χ4v) is 0.375. The summed E-state index contributed by atoms with van der Waals surface area (Å²) in [6.45, 7) is 3.22.